The van der Waals surface area contributed by atoms with Crippen molar-refractivity contribution in [1.82, 2.24) is 5.32 Å². The summed E-state index contributed by atoms with van der Waals surface area (Å²) in [5.74, 6) is 1.59. The van der Waals surface area contributed by atoms with Gasteiger partial charge in [-0.2, -0.15) is 0 Å². The Morgan fingerprint density at radius 3 is 2.69 bits per heavy atom. The van der Waals surface area contributed by atoms with Gasteiger partial charge < -0.3 is 14.8 Å². The standard InChI is InChI=1S/C22H27NO3/c1-6-25-19-10-8-16(12-15(19)3)21(24)23-18-13-22(4,5)26-20-11-14(2)7-9-17(18)20/h7-12,18H,6,13H2,1-5H3,(H,23,24)/t18-/m1/s1. The van der Waals surface area contributed by atoms with Gasteiger partial charge in [0, 0.05) is 17.5 Å². The van der Waals surface area contributed by atoms with Crippen molar-refractivity contribution < 1.29 is 14.3 Å². The van der Waals surface area contributed by atoms with E-state index in [1.165, 1.54) is 0 Å². The van der Waals surface area contributed by atoms with E-state index in [0.29, 0.717) is 12.2 Å². The van der Waals surface area contributed by atoms with Crippen LogP contribution in [0.1, 0.15) is 60.3 Å². The van der Waals surface area contributed by atoms with Gasteiger partial charge in [-0.25, -0.2) is 0 Å². The van der Waals surface area contributed by atoms with Crippen LogP contribution in [0.5, 0.6) is 11.5 Å². The van der Waals surface area contributed by atoms with E-state index in [0.717, 1.165) is 34.6 Å². The van der Waals surface area contributed by atoms with Crippen molar-refractivity contribution in [1.29, 1.82) is 0 Å². The zero-order chi connectivity index (χ0) is 18.9. The third kappa shape index (κ3) is 3.85. The molecule has 2 aromatic carbocycles. The molecular formula is C22H27NO3. The van der Waals surface area contributed by atoms with Crippen LogP contribution in [-0.2, 0) is 0 Å². The summed E-state index contributed by atoms with van der Waals surface area (Å²) < 4.78 is 11.7. The largest absolute Gasteiger partial charge is 0.494 e. The minimum absolute atomic E-state index is 0.0753. The minimum Gasteiger partial charge on any atom is -0.494 e. The maximum absolute atomic E-state index is 12.8. The van der Waals surface area contributed by atoms with Gasteiger partial charge in [-0.1, -0.05) is 12.1 Å². The average Bonchev–Trinajstić information content (AvgIpc) is 2.55. The quantitative estimate of drug-likeness (QED) is 0.864. The number of nitrogens with one attached hydrogen (secondary N) is 1. The van der Waals surface area contributed by atoms with Gasteiger partial charge in [0.2, 0.25) is 0 Å². The molecule has 0 bridgehead atoms. The number of aryl methyl sites for hydroxylation is 2. The van der Waals surface area contributed by atoms with E-state index < -0.39 is 0 Å². The van der Waals surface area contributed by atoms with Crippen molar-refractivity contribution in [2.45, 2.75) is 52.7 Å². The Hall–Kier alpha value is -2.49. The first-order valence-corrected chi connectivity index (χ1v) is 9.13. The Kier molecular flexibility index (Phi) is 4.94. The number of carbonyl (C=O) groups excluding carboxylic acids is 1. The Balaban J connectivity index is 1.84. The fourth-order valence-corrected chi connectivity index (χ4v) is 3.44. The van der Waals surface area contributed by atoms with Crippen LogP contribution in [0.15, 0.2) is 36.4 Å². The summed E-state index contributed by atoms with van der Waals surface area (Å²) in [5, 5.41) is 3.19. The SMILES string of the molecule is CCOc1ccc(C(=O)N[C@@H]2CC(C)(C)Oc3cc(C)ccc32)cc1C. The van der Waals surface area contributed by atoms with E-state index in [-0.39, 0.29) is 17.6 Å². The summed E-state index contributed by atoms with van der Waals surface area (Å²) in [4.78, 5) is 12.8. The predicted molar refractivity (Wildman–Crippen MR) is 103 cm³/mol. The summed E-state index contributed by atoms with van der Waals surface area (Å²) in [7, 11) is 0. The molecule has 1 aliphatic heterocycles. The lowest BCUT2D eigenvalue weighted by Gasteiger charge is -2.38. The molecule has 0 aliphatic carbocycles. The first-order valence-electron chi connectivity index (χ1n) is 9.13. The van der Waals surface area contributed by atoms with Crippen LogP contribution in [0.4, 0.5) is 0 Å². The van der Waals surface area contributed by atoms with Crippen LogP contribution in [-0.4, -0.2) is 18.1 Å². The predicted octanol–water partition coefficient (Wildman–Crippen LogP) is 4.73. The van der Waals surface area contributed by atoms with Crippen molar-refractivity contribution in [3.63, 3.8) is 0 Å². The zero-order valence-electron chi connectivity index (χ0n) is 16.2. The number of ether oxygens (including phenoxy) is 2. The number of fused-ring (bicyclic) bond motifs is 1. The second-order valence-corrected chi connectivity index (χ2v) is 7.55. The fourth-order valence-electron chi connectivity index (χ4n) is 3.44. The lowest BCUT2D eigenvalue weighted by molar-refractivity contribution is 0.0619. The first-order chi connectivity index (χ1) is 12.3. The smallest absolute Gasteiger partial charge is 0.251 e. The molecule has 0 unspecified atom stereocenters. The van der Waals surface area contributed by atoms with Crippen molar-refractivity contribution in [3.05, 3.63) is 58.7 Å². The molecule has 1 amide bonds. The molecule has 0 aromatic heterocycles. The van der Waals surface area contributed by atoms with Crippen molar-refractivity contribution in [2.75, 3.05) is 6.61 Å². The van der Waals surface area contributed by atoms with Gasteiger partial charge in [-0.05, 0) is 70.0 Å². The Morgan fingerprint density at radius 2 is 2.00 bits per heavy atom. The van der Waals surface area contributed by atoms with Gasteiger partial charge >= 0.3 is 0 Å². The summed E-state index contributed by atoms with van der Waals surface area (Å²) in [6.45, 7) is 10.7. The van der Waals surface area contributed by atoms with Crippen molar-refractivity contribution in [3.8, 4) is 11.5 Å². The lowest BCUT2D eigenvalue weighted by Crippen LogP contribution is -2.41. The minimum atomic E-state index is -0.326. The summed E-state index contributed by atoms with van der Waals surface area (Å²) >= 11 is 0. The summed E-state index contributed by atoms with van der Waals surface area (Å²) in [5.41, 5.74) is 3.46. The highest BCUT2D eigenvalue weighted by Gasteiger charge is 2.34. The zero-order valence-corrected chi connectivity index (χ0v) is 16.2. The highest BCUT2D eigenvalue weighted by atomic mass is 16.5. The lowest BCUT2D eigenvalue weighted by atomic mass is 9.89. The summed E-state index contributed by atoms with van der Waals surface area (Å²) in [6, 6.07) is 11.6. The molecule has 0 saturated carbocycles. The molecule has 1 N–H and O–H groups in total. The van der Waals surface area contributed by atoms with E-state index in [1.54, 1.807) is 0 Å². The second kappa shape index (κ2) is 7.02. The van der Waals surface area contributed by atoms with Crippen LogP contribution >= 0.6 is 0 Å². The number of benzene rings is 2. The molecule has 3 rings (SSSR count). The molecular weight excluding hydrogens is 326 g/mol. The second-order valence-electron chi connectivity index (χ2n) is 7.55. The number of hydrogen-bond acceptors (Lipinski definition) is 3. The Labute approximate surface area is 155 Å². The van der Waals surface area contributed by atoms with Crippen LogP contribution in [0.25, 0.3) is 0 Å². The monoisotopic (exact) mass is 353 g/mol. The molecule has 26 heavy (non-hydrogen) atoms. The fraction of sp³-hybridized carbons (Fsp3) is 0.409. The van der Waals surface area contributed by atoms with Crippen molar-refractivity contribution in [2.24, 2.45) is 0 Å². The molecule has 138 valence electrons. The van der Waals surface area contributed by atoms with Gasteiger partial charge in [0.15, 0.2) is 0 Å². The van der Waals surface area contributed by atoms with E-state index in [9.17, 15) is 4.79 Å². The Morgan fingerprint density at radius 1 is 1.23 bits per heavy atom. The summed E-state index contributed by atoms with van der Waals surface area (Å²) in [6.07, 6.45) is 0.727. The van der Waals surface area contributed by atoms with Crippen LogP contribution < -0.4 is 14.8 Å². The maximum Gasteiger partial charge on any atom is 0.251 e. The van der Waals surface area contributed by atoms with Gasteiger partial charge in [0.05, 0.1) is 12.6 Å². The van der Waals surface area contributed by atoms with Crippen LogP contribution in [0, 0.1) is 13.8 Å². The molecule has 1 heterocycles. The molecule has 0 fully saturated rings. The molecule has 0 radical (unpaired) electrons. The van der Waals surface area contributed by atoms with Gasteiger partial charge in [-0.15, -0.1) is 0 Å². The number of hydrogen-bond donors (Lipinski definition) is 1. The van der Waals surface area contributed by atoms with Crippen LogP contribution in [0.3, 0.4) is 0 Å². The van der Waals surface area contributed by atoms with E-state index >= 15 is 0 Å². The third-order valence-electron chi connectivity index (χ3n) is 4.67. The molecule has 1 atom stereocenters. The molecule has 0 saturated heterocycles. The third-order valence-corrected chi connectivity index (χ3v) is 4.67. The van der Waals surface area contributed by atoms with Crippen LogP contribution in [0.2, 0.25) is 0 Å². The highest BCUT2D eigenvalue weighted by Crippen LogP contribution is 2.40. The molecule has 0 spiro atoms. The van der Waals surface area contributed by atoms with Gasteiger partial charge in [0.25, 0.3) is 5.91 Å². The average molecular weight is 353 g/mol. The molecule has 2 aromatic rings. The van der Waals surface area contributed by atoms with E-state index in [4.69, 9.17) is 9.47 Å². The van der Waals surface area contributed by atoms with Gasteiger partial charge in [0.1, 0.15) is 17.1 Å². The number of amides is 1. The molecule has 4 heteroatoms. The Bertz CT molecular complexity index is 826. The highest BCUT2D eigenvalue weighted by molar-refractivity contribution is 5.95. The van der Waals surface area contributed by atoms with Crippen molar-refractivity contribution >= 4 is 5.91 Å². The number of carbonyl (C=O) groups is 1. The maximum atomic E-state index is 12.8. The number of rotatable bonds is 4. The molecule has 4 nitrogen and oxygen atoms in total. The van der Waals surface area contributed by atoms with E-state index in [2.05, 4.69) is 25.2 Å². The van der Waals surface area contributed by atoms with E-state index in [1.807, 2.05) is 51.1 Å². The topological polar surface area (TPSA) is 47.6 Å². The first kappa shape index (κ1) is 18.3. The normalized spacial score (nSPS) is 17.8. The van der Waals surface area contributed by atoms with Gasteiger partial charge in [-0.3, -0.25) is 4.79 Å². The molecule has 1 aliphatic rings.